The smallest absolute Gasteiger partial charge is 0.315 e. The fourth-order valence-electron chi connectivity index (χ4n) is 3.98. The van der Waals surface area contributed by atoms with E-state index < -0.39 is 17.9 Å². The molecule has 2 aliphatic heterocycles. The number of amides is 2. The molecule has 3 rings (SSSR count). The molecule has 33 heavy (non-hydrogen) atoms. The third-order valence-electron chi connectivity index (χ3n) is 5.77. The van der Waals surface area contributed by atoms with Gasteiger partial charge < -0.3 is 24.0 Å². The van der Waals surface area contributed by atoms with Crippen LogP contribution in [0.3, 0.4) is 0 Å². The minimum absolute atomic E-state index is 0.120. The number of hydrogen-bond donors (Lipinski definition) is 0. The van der Waals surface area contributed by atoms with Crippen molar-refractivity contribution in [2.24, 2.45) is 0 Å². The van der Waals surface area contributed by atoms with Gasteiger partial charge in [-0.15, -0.1) is 0 Å². The molecular weight excluding hydrogens is 428 g/mol. The number of benzene rings is 1. The number of rotatable bonds is 8. The van der Waals surface area contributed by atoms with E-state index in [1.807, 2.05) is 6.07 Å². The van der Waals surface area contributed by atoms with Gasteiger partial charge in [0.1, 0.15) is 18.2 Å². The number of ether oxygens (including phenoxy) is 3. The summed E-state index contributed by atoms with van der Waals surface area (Å²) in [5.74, 6) is -0.482. The number of esters is 1. The molecule has 10 heteroatoms. The molecule has 1 unspecified atom stereocenters. The van der Waals surface area contributed by atoms with Crippen LogP contribution in [0.25, 0.3) is 0 Å². The lowest BCUT2D eigenvalue weighted by Crippen LogP contribution is -2.62. The first-order chi connectivity index (χ1) is 16.0. The van der Waals surface area contributed by atoms with E-state index in [1.165, 1.54) is 12.0 Å². The Bertz CT molecular complexity index is 880. The molecule has 1 aromatic carbocycles. The summed E-state index contributed by atoms with van der Waals surface area (Å²) in [4.78, 5) is 42.9. The van der Waals surface area contributed by atoms with Crippen LogP contribution in [-0.4, -0.2) is 105 Å². The fraction of sp³-hybridized carbons (Fsp3) is 0.565. The van der Waals surface area contributed by atoms with Crippen molar-refractivity contribution < 1.29 is 28.6 Å². The van der Waals surface area contributed by atoms with Crippen LogP contribution in [0.4, 0.5) is 0 Å². The minimum atomic E-state index is -0.651. The highest BCUT2D eigenvalue weighted by molar-refractivity contribution is 5.97. The van der Waals surface area contributed by atoms with Gasteiger partial charge in [0, 0.05) is 39.3 Å². The number of nitrogens with zero attached hydrogens (tertiary/aromatic N) is 4. The molecule has 0 N–H and O–H groups in total. The lowest BCUT2D eigenvalue weighted by atomic mass is 10.1. The summed E-state index contributed by atoms with van der Waals surface area (Å²) in [7, 11) is 1.24. The van der Waals surface area contributed by atoms with E-state index in [0.717, 1.165) is 6.42 Å². The summed E-state index contributed by atoms with van der Waals surface area (Å²) in [6.45, 7) is 4.46. The highest BCUT2D eigenvalue weighted by atomic mass is 16.5. The van der Waals surface area contributed by atoms with Gasteiger partial charge in [-0.2, -0.15) is 5.26 Å². The first kappa shape index (κ1) is 24.5. The third-order valence-corrected chi connectivity index (χ3v) is 5.77. The van der Waals surface area contributed by atoms with Crippen molar-refractivity contribution >= 4 is 17.8 Å². The van der Waals surface area contributed by atoms with Gasteiger partial charge in [0.2, 0.25) is 11.8 Å². The van der Waals surface area contributed by atoms with Crippen LogP contribution in [0.1, 0.15) is 18.4 Å². The molecule has 10 nitrogen and oxygen atoms in total. The molecule has 0 saturated carbocycles. The molecule has 2 amide bonds. The summed E-state index contributed by atoms with van der Waals surface area (Å²) in [6, 6.07) is 8.44. The standard InChI is InChI=1S/C23H30N4O6/c1-31-22(29)15-21(28)27-8-7-25(17-20(27)23(30)26-9-12-32-13-10-26)6-3-11-33-19-5-2-4-18(14-19)16-24/h2,4-5,14,20H,3,6-13,15,17H2,1H3. The minimum Gasteiger partial charge on any atom is -0.494 e. The quantitative estimate of drug-likeness (QED) is 0.310. The maximum Gasteiger partial charge on any atom is 0.315 e. The molecule has 0 spiro atoms. The van der Waals surface area contributed by atoms with Crippen molar-refractivity contribution in [3.05, 3.63) is 29.8 Å². The molecule has 2 heterocycles. The summed E-state index contributed by atoms with van der Waals surface area (Å²) in [5.41, 5.74) is 0.546. The maximum absolute atomic E-state index is 13.2. The number of carbonyl (C=O) groups excluding carboxylic acids is 3. The SMILES string of the molecule is COC(=O)CC(=O)N1CCN(CCCOc2cccc(C#N)c2)CC1C(=O)N1CCOCC1. The molecule has 2 aliphatic rings. The first-order valence-electron chi connectivity index (χ1n) is 11.1. The lowest BCUT2D eigenvalue weighted by molar-refractivity contribution is -0.156. The Kier molecular flexibility index (Phi) is 9.04. The Balaban J connectivity index is 1.57. The largest absolute Gasteiger partial charge is 0.494 e. The average Bonchev–Trinajstić information content (AvgIpc) is 2.86. The zero-order chi connectivity index (χ0) is 23.6. The summed E-state index contributed by atoms with van der Waals surface area (Å²) >= 11 is 0. The second-order valence-electron chi connectivity index (χ2n) is 7.94. The number of morpholine rings is 1. The number of methoxy groups -OCH3 is 1. The van der Waals surface area contributed by atoms with Gasteiger partial charge >= 0.3 is 5.97 Å². The second kappa shape index (κ2) is 12.2. The van der Waals surface area contributed by atoms with Crippen molar-refractivity contribution in [3.8, 4) is 11.8 Å². The number of nitriles is 1. The van der Waals surface area contributed by atoms with Crippen molar-refractivity contribution in [2.75, 3.05) is 66.2 Å². The van der Waals surface area contributed by atoms with Gasteiger partial charge in [-0.3, -0.25) is 19.3 Å². The van der Waals surface area contributed by atoms with Crippen molar-refractivity contribution in [1.29, 1.82) is 5.26 Å². The monoisotopic (exact) mass is 458 g/mol. The Morgan fingerprint density at radius 1 is 1.18 bits per heavy atom. The van der Waals surface area contributed by atoms with Gasteiger partial charge in [-0.1, -0.05) is 6.07 Å². The van der Waals surface area contributed by atoms with Gasteiger partial charge in [0.25, 0.3) is 0 Å². The molecule has 0 aliphatic carbocycles. The zero-order valence-corrected chi connectivity index (χ0v) is 18.9. The van der Waals surface area contributed by atoms with Crippen molar-refractivity contribution in [1.82, 2.24) is 14.7 Å². The maximum atomic E-state index is 13.2. The molecule has 0 bridgehead atoms. The molecular formula is C23H30N4O6. The summed E-state index contributed by atoms with van der Waals surface area (Å²) in [6.07, 6.45) is 0.352. The molecule has 0 radical (unpaired) electrons. The topological polar surface area (TPSA) is 112 Å². The summed E-state index contributed by atoms with van der Waals surface area (Å²) in [5, 5.41) is 8.99. The van der Waals surface area contributed by atoms with E-state index >= 15 is 0 Å². The Labute approximate surface area is 193 Å². The van der Waals surface area contributed by atoms with Gasteiger partial charge in [0.05, 0.1) is 38.6 Å². The number of carbonyl (C=O) groups is 3. The van der Waals surface area contributed by atoms with E-state index in [1.54, 1.807) is 23.1 Å². The average molecular weight is 459 g/mol. The third kappa shape index (κ3) is 6.91. The van der Waals surface area contributed by atoms with E-state index in [-0.39, 0.29) is 12.3 Å². The lowest BCUT2D eigenvalue weighted by Gasteiger charge is -2.42. The summed E-state index contributed by atoms with van der Waals surface area (Å²) < 4.78 is 15.7. The Morgan fingerprint density at radius 3 is 2.70 bits per heavy atom. The molecule has 178 valence electrons. The van der Waals surface area contributed by atoms with Crippen LogP contribution < -0.4 is 4.74 Å². The Hall–Kier alpha value is -3.16. The van der Waals surface area contributed by atoms with Crippen molar-refractivity contribution in [3.63, 3.8) is 0 Å². The normalized spacial score (nSPS) is 19.0. The number of piperazine rings is 1. The first-order valence-corrected chi connectivity index (χ1v) is 11.1. The highest BCUT2D eigenvalue weighted by Gasteiger charge is 2.38. The van der Waals surface area contributed by atoms with E-state index in [0.29, 0.717) is 70.4 Å². The van der Waals surface area contributed by atoms with E-state index in [4.69, 9.17) is 14.7 Å². The van der Waals surface area contributed by atoms with Crippen LogP contribution in [-0.2, 0) is 23.9 Å². The van der Waals surface area contributed by atoms with E-state index in [2.05, 4.69) is 15.7 Å². The van der Waals surface area contributed by atoms with Crippen LogP contribution in [0.5, 0.6) is 5.75 Å². The van der Waals surface area contributed by atoms with Crippen molar-refractivity contribution in [2.45, 2.75) is 18.9 Å². The van der Waals surface area contributed by atoms with Gasteiger partial charge in [-0.25, -0.2) is 0 Å². The van der Waals surface area contributed by atoms with Crippen LogP contribution in [0.2, 0.25) is 0 Å². The van der Waals surface area contributed by atoms with Crippen LogP contribution in [0.15, 0.2) is 24.3 Å². The molecule has 1 atom stereocenters. The highest BCUT2D eigenvalue weighted by Crippen LogP contribution is 2.17. The Morgan fingerprint density at radius 2 is 1.97 bits per heavy atom. The predicted octanol–water partition coefficient (Wildman–Crippen LogP) is 0.262. The van der Waals surface area contributed by atoms with Crippen LogP contribution >= 0.6 is 0 Å². The molecule has 2 saturated heterocycles. The van der Waals surface area contributed by atoms with Gasteiger partial charge in [0.15, 0.2) is 0 Å². The fourth-order valence-corrected chi connectivity index (χ4v) is 3.98. The predicted molar refractivity (Wildman–Crippen MR) is 117 cm³/mol. The van der Waals surface area contributed by atoms with E-state index in [9.17, 15) is 14.4 Å². The second-order valence-corrected chi connectivity index (χ2v) is 7.94. The van der Waals surface area contributed by atoms with Gasteiger partial charge in [-0.05, 0) is 24.6 Å². The zero-order valence-electron chi connectivity index (χ0n) is 18.9. The molecule has 2 fully saturated rings. The van der Waals surface area contributed by atoms with Crippen LogP contribution in [0, 0.1) is 11.3 Å². The molecule has 1 aromatic rings. The molecule has 0 aromatic heterocycles. The number of hydrogen-bond acceptors (Lipinski definition) is 8.